The summed E-state index contributed by atoms with van der Waals surface area (Å²) in [5.41, 5.74) is 0.886. The number of ether oxygens (including phenoxy) is 2. The van der Waals surface area contributed by atoms with Crippen molar-refractivity contribution in [2.45, 2.75) is 45.4 Å². The molecule has 3 rings (SSSR count). The quantitative estimate of drug-likeness (QED) is 0.612. The Morgan fingerprint density at radius 2 is 1.81 bits per heavy atom. The van der Waals surface area contributed by atoms with E-state index in [0.29, 0.717) is 30.9 Å². The molecular formula is C19H25N2O5+. The van der Waals surface area contributed by atoms with Gasteiger partial charge in [-0.3, -0.25) is 9.59 Å². The average molecular weight is 361 g/mol. The van der Waals surface area contributed by atoms with Gasteiger partial charge in [-0.1, -0.05) is 0 Å². The molecule has 1 aromatic rings. The van der Waals surface area contributed by atoms with Gasteiger partial charge < -0.3 is 14.4 Å². The molecule has 2 aliphatic rings. The predicted molar refractivity (Wildman–Crippen MR) is 94.0 cm³/mol. The molecule has 0 saturated carbocycles. The van der Waals surface area contributed by atoms with E-state index in [1.54, 1.807) is 31.2 Å². The zero-order valence-electron chi connectivity index (χ0n) is 15.4. The van der Waals surface area contributed by atoms with Crippen LogP contribution >= 0.6 is 0 Å². The van der Waals surface area contributed by atoms with Gasteiger partial charge in [0.15, 0.2) is 6.04 Å². The van der Waals surface area contributed by atoms with Crippen LogP contribution < -0.4 is 9.80 Å². The Morgan fingerprint density at radius 1 is 1.19 bits per heavy atom. The number of esters is 1. The molecule has 0 aromatic heterocycles. The zero-order valence-corrected chi connectivity index (χ0v) is 15.4. The van der Waals surface area contributed by atoms with Crippen molar-refractivity contribution in [1.29, 1.82) is 0 Å². The molecule has 3 atom stereocenters. The summed E-state index contributed by atoms with van der Waals surface area (Å²) in [6, 6.07) is 6.01. The molecule has 1 aromatic carbocycles. The number of nitrogens with zero attached hydrogens (tertiary/aromatic N) is 1. The highest BCUT2D eigenvalue weighted by Gasteiger charge is 2.47. The van der Waals surface area contributed by atoms with Crippen LogP contribution in [0.5, 0.6) is 0 Å². The van der Waals surface area contributed by atoms with Gasteiger partial charge in [0.05, 0.1) is 24.3 Å². The van der Waals surface area contributed by atoms with Crippen LogP contribution in [0.1, 0.15) is 37.6 Å². The van der Waals surface area contributed by atoms with E-state index in [0.717, 1.165) is 4.90 Å². The Kier molecular flexibility index (Phi) is 5.38. The van der Waals surface area contributed by atoms with E-state index in [-0.39, 0.29) is 36.5 Å². The van der Waals surface area contributed by atoms with Crippen LogP contribution in [-0.4, -0.2) is 55.7 Å². The maximum Gasteiger partial charge on any atom is 0.338 e. The molecule has 1 N–H and O–H groups in total. The van der Waals surface area contributed by atoms with E-state index in [4.69, 9.17) is 9.47 Å². The van der Waals surface area contributed by atoms with E-state index in [1.807, 2.05) is 13.8 Å². The van der Waals surface area contributed by atoms with Gasteiger partial charge in [-0.05, 0) is 45.0 Å². The molecule has 2 amide bonds. The average Bonchev–Trinajstić information content (AvgIpc) is 2.89. The molecule has 26 heavy (non-hydrogen) atoms. The predicted octanol–water partition coefficient (Wildman–Crippen LogP) is 0.187. The first kappa shape index (κ1) is 18.5. The molecule has 0 radical (unpaired) electrons. The second-order valence-electron chi connectivity index (χ2n) is 6.92. The Morgan fingerprint density at radius 3 is 2.38 bits per heavy atom. The van der Waals surface area contributed by atoms with E-state index in [2.05, 4.69) is 0 Å². The molecule has 0 spiro atoms. The van der Waals surface area contributed by atoms with E-state index in [9.17, 15) is 14.4 Å². The van der Waals surface area contributed by atoms with Crippen molar-refractivity contribution in [2.75, 3.05) is 24.6 Å². The molecule has 0 aliphatic carbocycles. The van der Waals surface area contributed by atoms with Crippen molar-refractivity contribution in [2.24, 2.45) is 0 Å². The summed E-state index contributed by atoms with van der Waals surface area (Å²) in [5.74, 6) is -0.810. The van der Waals surface area contributed by atoms with E-state index in [1.165, 1.54) is 4.90 Å². The smallest absolute Gasteiger partial charge is 0.338 e. The van der Waals surface area contributed by atoms with Crippen molar-refractivity contribution in [3.05, 3.63) is 29.8 Å². The monoisotopic (exact) mass is 361 g/mol. The lowest BCUT2D eigenvalue weighted by molar-refractivity contribution is -0.929. The third-order valence-electron chi connectivity index (χ3n) is 4.84. The van der Waals surface area contributed by atoms with E-state index >= 15 is 0 Å². The molecule has 7 nitrogen and oxygen atoms in total. The second kappa shape index (κ2) is 7.55. The summed E-state index contributed by atoms with van der Waals surface area (Å²) in [5, 5.41) is 0. The number of hydrogen-bond donors (Lipinski definition) is 1. The Hall–Kier alpha value is -2.25. The van der Waals surface area contributed by atoms with Crippen molar-refractivity contribution < 1.29 is 28.8 Å². The number of carbonyl (C=O) groups excluding carboxylic acids is 3. The highest BCUT2D eigenvalue weighted by Crippen LogP contribution is 2.23. The van der Waals surface area contributed by atoms with Crippen LogP contribution in [0.15, 0.2) is 24.3 Å². The number of amides is 2. The van der Waals surface area contributed by atoms with Gasteiger partial charge in [0, 0.05) is 0 Å². The highest BCUT2D eigenvalue weighted by atomic mass is 16.5. The zero-order chi connectivity index (χ0) is 18.8. The fourth-order valence-electron chi connectivity index (χ4n) is 3.78. The fraction of sp³-hybridized carbons (Fsp3) is 0.526. The normalized spacial score (nSPS) is 29.1. The molecule has 0 bridgehead atoms. The number of rotatable bonds is 4. The summed E-state index contributed by atoms with van der Waals surface area (Å²) in [4.78, 5) is 39.5. The van der Waals surface area contributed by atoms with Crippen LogP contribution in [0, 0.1) is 0 Å². The first-order valence-corrected chi connectivity index (χ1v) is 9.04. The standard InChI is InChI=1S/C19H24N2O5/c1-4-25-19(24)14-5-7-15(8-6-14)21-17(22)9-16(18(21)23)20-10-12(2)26-13(3)11-20/h5-8,12-13,16H,4,9-11H2,1-3H3/p+1/t12-,13-,16-/m0/s1. The van der Waals surface area contributed by atoms with Gasteiger partial charge in [0.1, 0.15) is 25.3 Å². The molecule has 2 fully saturated rings. The molecule has 2 saturated heterocycles. The Bertz CT molecular complexity index is 692. The van der Waals surface area contributed by atoms with Gasteiger partial charge in [0.25, 0.3) is 5.91 Å². The SMILES string of the molecule is CCOC(=O)c1ccc(N2C(=O)C[C@H]([NH+]3C[C@H](C)O[C@@H](C)C3)C2=O)cc1. The summed E-state index contributed by atoms with van der Waals surface area (Å²) < 4.78 is 10.7. The van der Waals surface area contributed by atoms with Crippen LogP contribution in [0.4, 0.5) is 5.69 Å². The Balaban J connectivity index is 1.76. The molecule has 0 unspecified atom stereocenters. The molecular weight excluding hydrogens is 336 g/mol. The number of quaternary nitrogens is 1. The van der Waals surface area contributed by atoms with Gasteiger partial charge >= 0.3 is 5.97 Å². The third-order valence-corrected chi connectivity index (χ3v) is 4.84. The summed E-state index contributed by atoms with van der Waals surface area (Å²) >= 11 is 0. The van der Waals surface area contributed by atoms with Gasteiger partial charge in [-0.15, -0.1) is 0 Å². The van der Waals surface area contributed by atoms with Crippen LogP contribution in [-0.2, 0) is 19.1 Å². The molecule has 2 aliphatic heterocycles. The fourth-order valence-corrected chi connectivity index (χ4v) is 3.78. The highest BCUT2D eigenvalue weighted by molar-refractivity contribution is 6.21. The topological polar surface area (TPSA) is 77.3 Å². The number of carbonyl (C=O) groups is 3. The number of anilines is 1. The van der Waals surface area contributed by atoms with E-state index < -0.39 is 5.97 Å². The summed E-state index contributed by atoms with van der Waals surface area (Å²) in [6.07, 6.45) is 0.330. The second-order valence-corrected chi connectivity index (χ2v) is 6.92. The first-order chi connectivity index (χ1) is 12.4. The van der Waals surface area contributed by atoms with Gasteiger partial charge in [0.2, 0.25) is 5.91 Å². The first-order valence-electron chi connectivity index (χ1n) is 9.04. The molecule has 7 heteroatoms. The minimum Gasteiger partial charge on any atom is -0.462 e. The van der Waals surface area contributed by atoms with Crippen LogP contribution in [0.3, 0.4) is 0 Å². The maximum absolute atomic E-state index is 12.9. The minimum absolute atomic E-state index is 0.0644. The maximum atomic E-state index is 12.9. The van der Waals surface area contributed by atoms with Gasteiger partial charge in [-0.2, -0.15) is 0 Å². The molecule has 2 heterocycles. The van der Waals surface area contributed by atoms with Crippen LogP contribution in [0.25, 0.3) is 0 Å². The van der Waals surface area contributed by atoms with Crippen molar-refractivity contribution >= 4 is 23.5 Å². The number of imide groups is 1. The largest absolute Gasteiger partial charge is 0.462 e. The number of hydrogen-bond acceptors (Lipinski definition) is 5. The molecule has 140 valence electrons. The number of benzene rings is 1. The summed E-state index contributed by atoms with van der Waals surface area (Å²) in [6.45, 7) is 7.44. The van der Waals surface area contributed by atoms with Crippen LogP contribution in [0.2, 0.25) is 0 Å². The van der Waals surface area contributed by atoms with Crippen molar-refractivity contribution in [3.63, 3.8) is 0 Å². The lowest BCUT2D eigenvalue weighted by Gasteiger charge is -2.34. The minimum atomic E-state index is -0.420. The number of morpholine rings is 1. The van der Waals surface area contributed by atoms with Gasteiger partial charge in [-0.25, -0.2) is 9.69 Å². The van der Waals surface area contributed by atoms with Crippen molar-refractivity contribution in [3.8, 4) is 0 Å². The number of nitrogens with one attached hydrogen (secondary N) is 1. The summed E-state index contributed by atoms with van der Waals surface area (Å²) in [7, 11) is 0. The third kappa shape index (κ3) is 3.64. The van der Waals surface area contributed by atoms with Crippen molar-refractivity contribution in [1.82, 2.24) is 0 Å². The Labute approximate surface area is 152 Å². The lowest BCUT2D eigenvalue weighted by atomic mass is 10.1. The lowest BCUT2D eigenvalue weighted by Crippen LogP contribution is -3.19.